The number of aryl methyl sites for hydroxylation is 1. The van der Waals surface area contributed by atoms with Crippen LogP contribution in [0.3, 0.4) is 0 Å². The molecule has 0 aliphatic heterocycles. The van der Waals surface area contributed by atoms with Gasteiger partial charge in [-0.3, -0.25) is 9.59 Å². The zero-order chi connectivity index (χ0) is 20.8. The molecule has 0 radical (unpaired) electrons. The first-order chi connectivity index (χ1) is 13.9. The molecule has 0 aliphatic rings. The van der Waals surface area contributed by atoms with E-state index in [2.05, 4.69) is 36.8 Å². The molecule has 7 nitrogen and oxygen atoms in total. The van der Waals surface area contributed by atoms with Gasteiger partial charge in [0, 0.05) is 22.8 Å². The predicted molar refractivity (Wildman–Crippen MR) is 117 cm³/mol. The summed E-state index contributed by atoms with van der Waals surface area (Å²) < 4.78 is 2.68. The lowest BCUT2D eigenvalue weighted by Crippen LogP contribution is -2.27. The zero-order valence-corrected chi connectivity index (χ0v) is 18.3. The molecule has 2 amide bonds. The number of nitrogens with one attached hydrogen (secondary N) is 2. The molecular weight excluding hydrogens is 454 g/mol. The van der Waals surface area contributed by atoms with Crippen molar-refractivity contribution in [3.05, 3.63) is 70.5 Å². The Balaban J connectivity index is 1.59. The molecule has 1 heterocycles. The second kappa shape index (κ2) is 9.71. The van der Waals surface area contributed by atoms with E-state index in [0.29, 0.717) is 16.4 Å². The number of carbonyl (C=O) groups is 2. The van der Waals surface area contributed by atoms with Crippen molar-refractivity contribution in [1.82, 2.24) is 20.1 Å². The van der Waals surface area contributed by atoms with Crippen molar-refractivity contribution in [2.75, 3.05) is 11.1 Å². The van der Waals surface area contributed by atoms with Crippen molar-refractivity contribution in [2.24, 2.45) is 7.05 Å². The van der Waals surface area contributed by atoms with Gasteiger partial charge in [-0.25, -0.2) is 0 Å². The summed E-state index contributed by atoms with van der Waals surface area (Å²) in [7, 11) is 1.82. The first-order valence-corrected chi connectivity index (χ1v) is 10.6. The van der Waals surface area contributed by atoms with Crippen molar-refractivity contribution >= 4 is 45.2 Å². The van der Waals surface area contributed by atoms with E-state index in [-0.39, 0.29) is 23.6 Å². The van der Waals surface area contributed by atoms with E-state index in [1.807, 2.05) is 38.2 Å². The lowest BCUT2D eigenvalue weighted by Gasteiger charge is -2.16. The van der Waals surface area contributed by atoms with Crippen LogP contribution in [0.2, 0.25) is 0 Å². The van der Waals surface area contributed by atoms with Crippen LogP contribution in [-0.2, 0) is 11.8 Å². The van der Waals surface area contributed by atoms with Gasteiger partial charge in [0.05, 0.1) is 11.8 Å². The number of carbonyl (C=O) groups excluding carboxylic acids is 2. The maximum atomic E-state index is 12.6. The minimum Gasteiger partial charge on any atom is -0.345 e. The highest BCUT2D eigenvalue weighted by Crippen LogP contribution is 2.23. The average Bonchev–Trinajstić information content (AvgIpc) is 3.11. The van der Waals surface area contributed by atoms with Crippen LogP contribution in [0.25, 0.3) is 0 Å². The van der Waals surface area contributed by atoms with Crippen LogP contribution in [0.1, 0.15) is 28.9 Å². The second-order valence-electron chi connectivity index (χ2n) is 6.36. The van der Waals surface area contributed by atoms with Crippen LogP contribution in [0.4, 0.5) is 5.69 Å². The largest absolute Gasteiger partial charge is 0.345 e. The molecule has 1 atom stereocenters. The number of amides is 2. The lowest BCUT2D eigenvalue weighted by molar-refractivity contribution is -0.113. The summed E-state index contributed by atoms with van der Waals surface area (Å²) >= 11 is 4.80. The number of aromatic nitrogens is 3. The Morgan fingerprint density at radius 3 is 2.72 bits per heavy atom. The zero-order valence-electron chi connectivity index (χ0n) is 15.9. The standard InChI is InChI=1S/C20H20BrN5O2S/c1-13(16-8-3-4-9-17(16)21)23-19(28)14-6-5-7-15(10-14)24-18(27)11-29-20-25-22-12-26(20)2/h3-10,12-13H,11H2,1-2H3,(H,23,28)(H,24,27). The third-order valence-corrected chi connectivity index (χ3v) is 5.89. The van der Waals surface area contributed by atoms with Crippen molar-refractivity contribution in [3.8, 4) is 0 Å². The van der Waals surface area contributed by atoms with Crippen LogP contribution < -0.4 is 10.6 Å². The SMILES string of the molecule is CC(NC(=O)c1cccc(NC(=O)CSc2nncn2C)c1)c1ccccc1Br. The molecule has 0 saturated carbocycles. The number of thioether (sulfide) groups is 1. The van der Waals surface area contributed by atoms with E-state index in [0.717, 1.165) is 10.0 Å². The molecule has 3 rings (SSSR count). The normalized spacial score (nSPS) is 11.7. The fourth-order valence-electron chi connectivity index (χ4n) is 2.65. The van der Waals surface area contributed by atoms with Crippen molar-refractivity contribution < 1.29 is 9.59 Å². The van der Waals surface area contributed by atoms with E-state index in [9.17, 15) is 9.59 Å². The molecule has 0 spiro atoms. The summed E-state index contributed by atoms with van der Waals surface area (Å²) in [6, 6.07) is 14.4. The number of hydrogen-bond acceptors (Lipinski definition) is 5. The van der Waals surface area contributed by atoms with Crippen LogP contribution in [0.5, 0.6) is 0 Å². The Morgan fingerprint density at radius 2 is 2.00 bits per heavy atom. The van der Waals surface area contributed by atoms with Gasteiger partial charge in [0.1, 0.15) is 6.33 Å². The van der Waals surface area contributed by atoms with Crippen LogP contribution >= 0.6 is 27.7 Å². The molecule has 0 fully saturated rings. The summed E-state index contributed by atoms with van der Waals surface area (Å²) in [5, 5.41) is 14.2. The van der Waals surface area contributed by atoms with Gasteiger partial charge in [-0.15, -0.1) is 10.2 Å². The van der Waals surface area contributed by atoms with E-state index in [1.165, 1.54) is 11.8 Å². The fraction of sp³-hybridized carbons (Fsp3) is 0.200. The molecule has 0 bridgehead atoms. The summed E-state index contributed by atoms with van der Waals surface area (Å²) in [6.45, 7) is 1.92. The summed E-state index contributed by atoms with van der Waals surface area (Å²) in [5.41, 5.74) is 2.03. The summed E-state index contributed by atoms with van der Waals surface area (Å²) in [6.07, 6.45) is 1.58. The van der Waals surface area contributed by atoms with Crippen molar-refractivity contribution in [1.29, 1.82) is 0 Å². The fourth-order valence-corrected chi connectivity index (χ4v) is 3.97. The minimum atomic E-state index is -0.210. The summed E-state index contributed by atoms with van der Waals surface area (Å²) in [4.78, 5) is 24.8. The van der Waals surface area contributed by atoms with Crippen LogP contribution in [0, 0.1) is 0 Å². The van der Waals surface area contributed by atoms with Gasteiger partial charge in [0.2, 0.25) is 5.91 Å². The topological polar surface area (TPSA) is 88.9 Å². The average molecular weight is 474 g/mol. The Kier molecular flexibility index (Phi) is 7.05. The van der Waals surface area contributed by atoms with Crippen LogP contribution in [-0.4, -0.2) is 32.3 Å². The van der Waals surface area contributed by atoms with Crippen molar-refractivity contribution in [2.45, 2.75) is 18.1 Å². The van der Waals surface area contributed by atoms with Gasteiger partial charge in [-0.1, -0.05) is 52.0 Å². The molecule has 2 aromatic carbocycles. The van der Waals surface area contributed by atoms with Gasteiger partial charge >= 0.3 is 0 Å². The molecule has 0 saturated heterocycles. The second-order valence-corrected chi connectivity index (χ2v) is 8.16. The third kappa shape index (κ3) is 5.68. The number of benzene rings is 2. The Hall–Kier alpha value is -2.65. The third-order valence-electron chi connectivity index (χ3n) is 4.13. The monoisotopic (exact) mass is 473 g/mol. The van der Waals surface area contributed by atoms with Crippen LogP contribution in [0.15, 0.2) is 64.5 Å². The highest BCUT2D eigenvalue weighted by molar-refractivity contribution is 9.10. The number of hydrogen-bond donors (Lipinski definition) is 2. The minimum absolute atomic E-state index is 0.167. The molecule has 3 aromatic rings. The maximum Gasteiger partial charge on any atom is 0.251 e. The lowest BCUT2D eigenvalue weighted by atomic mass is 10.1. The smallest absolute Gasteiger partial charge is 0.251 e. The predicted octanol–water partition coefficient (Wildman–Crippen LogP) is 3.80. The van der Waals surface area contributed by atoms with E-state index in [4.69, 9.17) is 0 Å². The van der Waals surface area contributed by atoms with Gasteiger partial charge in [0.25, 0.3) is 5.91 Å². The van der Waals surface area contributed by atoms with E-state index < -0.39 is 0 Å². The maximum absolute atomic E-state index is 12.6. The number of halogens is 1. The molecule has 0 aliphatic carbocycles. The molecule has 2 N–H and O–H groups in total. The molecular formula is C20H20BrN5O2S. The Morgan fingerprint density at radius 1 is 1.21 bits per heavy atom. The number of anilines is 1. The molecule has 1 unspecified atom stereocenters. The van der Waals surface area contributed by atoms with Crippen molar-refractivity contribution in [3.63, 3.8) is 0 Å². The first-order valence-electron chi connectivity index (χ1n) is 8.86. The number of rotatable bonds is 7. The van der Waals surface area contributed by atoms with Gasteiger partial charge in [-0.05, 0) is 36.8 Å². The summed E-state index contributed by atoms with van der Waals surface area (Å²) in [5.74, 6) is -0.197. The van der Waals surface area contributed by atoms with Gasteiger partial charge in [0.15, 0.2) is 5.16 Å². The van der Waals surface area contributed by atoms with E-state index in [1.54, 1.807) is 35.2 Å². The van der Waals surface area contributed by atoms with Gasteiger partial charge < -0.3 is 15.2 Å². The molecule has 29 heavy (non-hydrogen) atoms. The van der Waals surface area contributed by atoms with E-state index >= 15 is 0 Å². The molecule has 1 aromatic heterocycles. The van der Waals surface area contributed by atoms with Gasteiger partial charge in [-0.2, -0.15) is 0 Å². The number of nitrogens with zero attached hydrogens (tertiary/aromatic N) is 3. The Bertz CT molecular complexity index is 1020. The first kappa shape index (κ1) is 21.1. The quantitative estimate of drug-likeness (QED) is 0.509. The molecule has 150 valence electrons. The Labute approximate surface area is 181 Å². The highest BCUT2D eigenvalue weighted by atomic mass is 79.9. The highest BCUT2D eigenvalue weighted by Gasteiger charge is 2.14. The molecule has 9 heteroatoms.